The minimum Gasteiger partial charge on any atom is -0.355 e. The molecule has 2 atom stereocenters. The van der Waals surface area contributed by atoms with Crippen molar-refractivity contribution in [3.05, 3.63) is 59.7 Å². The van der Waals surface area contributed by atoms with Crippen LogP contribution in [-0.4, -0.2) is 23.6 Å². The summed E-state index contributed by atoms with van der Waals surface area (Å²) in [6, 6.07) is 15.9. The van der Waals surface area contributed by atoms with Crippen LogP contribution in [0.4, 0.5) is 5.69 Å². The van der Waals surface area contributed by atoms with Gasteiger partial charge in [-0.15, -0.1) is 11.8 Å². The maximum absolute atomic E-state index is 12.5. The van der Waals surface area contributed by atoms with Crippen LogP contribution in [0.15, 0.2) is 53.4 Å². The van der Waals surface area contributed by atoms with Gasteiger partial charge in [-0.05, 0) is 31.0 Å². The molecule has 0 saturated carbocycles. The van der Waals surface area contributed by atoms with Crippen molar-refractivity contribution < 1.29 is 9.59 Å². The molecule has 5 heteroatoms. The molecule has 0 radical (unpaired) electrons. The summed E-state index contributed by atoms with van der Waals surface area (Å²) >= 11 is 1.46. The summed E-state index contributed by atoms with van der Waals surface area (Å²) in [4.78, 5) is 25.8. The molecule has 1 heterocycles. The Labute approximate surface area is 152 Å². The quantitative estimate of drug-likeness (QED) is 0.865. The lowest BCUT2D eigenvalue weighted by molar-refractivity contribution is -0.127. The minimum absolute atomic E-state index is 0.0836. The number of anilines is 1. The SMILES string of the molecule is Cc1cccc(CCNC(=O)[C@H](C)[C@H]2Sc3ccccc3NC2=O)c1. The van der Waals surface area contributed by atoms with Crippen LogP contribution in [-0.2, 0) is 16.0 Å². The van der Waals surface area contributed by atoms with Gasteiger partial charge in [-0.25, -0.2) is 0 Å². The number of amides is 2. The molecule has 0 spiro atoms. The standard InChI is InChI=1S/C20H22N2O2S/c1-13-6-5-7-15(12-13)10-11-21-19(23)14(2)18-20(24)22-16-8-3-4-9-17(16)25-18/h3-9,12,14,18H,10-11H2,1-2H3,(H,21,23)(H,22,24)/t14-,18-/m1/s1. The van der Waals surface area contributed by atoms with Gasteiger partial charge in [-0.1, -0.05) is 48.9 Å². The van der Waals surface area contributed by atoms with E-state index in [1.807, 2.05) is 37.3 Å². The van der Waals surface area contributed by atoms with Crippen LogP contribution in [0, 0.1) is 12.8 Å². The van der Waals surface area contributed by atoms with Crippen molar-refractivity contribution in [3.8, 4) is 0 Å². The summed E-state index contributed by atoms with van der Waals surface area (Å²) < 4.78 is 0. The molecule has 0 aliphatic carbocycles. The highest BCUT2D eigenvalue weighted by molar-refractivity contribution is 8.01. The predicted octanol–water partition coefficient (Wildman–Crippen LogP) is 3.40. The number of benzene rings is 2. The maximum Gasteiger partial charge on any atom is 0.238 e. The van der Waals surface area contributed by atoms with E-state index in [9.17, 15) is 9.59 Å². The largest absolute Gasteiger partial charge is 0.355 e. The number of carbonyl (C=O) groups excluding carboxylic acids is 2. The van der Waals surface area contributed by atoms with Crippen molar-refractivity contribution in [2.45, 2.75) is 30.4 Å². The molecule has 130 valence electrons. The summed E-state index contributed by atoms with van der Waals surface area (Å²) in [5, 5.41) is 5.45. The van der Waals surface area contributed by atoms with E-state index in [-0.39, 0.29) is 11.8 Å². The maximum atomic E-state index is 12.5. The first kappa shape index (κ1) is 17.5. The van der Waals surface area contributed by atoms with Crippen LogP contribution < -0.4 is 10.6 Å². The Hall–Kier alpha value is -2.27. The second kappa shape index (κ2) is 7.74. The van der Waals surface area contributed by atoms with Crippen LogP contribution in [0.5, 0.6) is 0 Å². The van der Waals surface area contributed by atoms with E-state index in [0.717, 1.165) is 17.0 Å². The van der Waals surface area contributed by atoms with Crippen LogP contribution in [0.2, 0.25) is 0 Å². The molecule has 1 aliphatic heterocycles. The number of nitrogens with one attached hydrogen (secondary N) is 2. The van der Waals surface area contributed by atoms with E-state index in [4.69, 9.17) is 0 Å². The summed E-state index contributed by atoms with van der Waals surface area (Å²) in [5.74, 6) is -0.583. The number of aryl methyl sites for hydroxylation is 1. The first-order valence-corrected chi connectivity index (χ1v) is 9.32. The second-order valence-corrected chi connectivity index (χ2v) is 7.53. The van der Waals surface area contributed by atoms with Gasteiger partial charge in [0.25, 0.3) is 0 Å². The van der Waals surface area contributed by atoms with Crippen molar-refractivity contribution in [3.63, 3.8) is 0 Å². The number of rotatable bonds is 5. The van der Waals surface area contributed by atoms with Gasteiger partial charge in [-0.3, -0.25) is 9.59 Å². The summed E-state index contributed by atoms with van der Waals surface area (Å²) in [5.41, 5.74) is 3.23. The average Bonchev–Trinajstić information content (AvgIpc) is 2.60. The van der Waals surface area contributed by atoms with E-state index < -0.39 is 11.2 Å². The Morgan fingerprint density at radius 2 is 2.04 bits per heavy atom. The lowest BCUT2D eigenvalue weighted by atomic mass is 10.0. The molecule has 0 fully saturated rings. The van der Waals surface area contributed by atoms with Gasteiger partial charge in [0, 0.05) is 11.4 Å². The van der Waals surface area contributed by atoms with E-state index >= 15 is 0 Å². The predicted molar refractivity (Wildman–Crippen MR) is 102 cm³/mol. The summed E-state index contributed by atoms with van der Waals surface area (Å²) in [6.07, 6.45) is 0.785. The number of para-hydroxylation sites is 1. The molecule has 3 rings (SSSR count). The van der Waals surface area contributed by atoms with Crippen LogP contribution in [0.3, 0.4) is 0 Å². The Morgan fingerprint density at radius 1 is 1.24 bits per heavy atom. The first-order chi connectivity index (χ1) is 12.0. The third-order valence-corrected chi connectivity index (χ3v) is 5.81. The third kappa shape index (κ3) is 4.23. The van der Waals surface area contributed by atoms with Gasteiger partial charge in [0.05, 0.1) is 16.9 Å². The molecular weight excluding hydrogens is 332 g/mol. The van der Waals surface area contributed by atoms with Crippen LogP contribution >= 0.6 is 11.8 Å². The van der Waals surface area contributed by atoms with Gasteiger partial charge in [-0.2, -0.15) is 0 Å². The fourth-order valence-electron chi connectivity index (χ4n) is 2.89. The van der Waals surface area contributed by atoms with Gasteiger partial charge in [0.15, 0.2) is 0 Å². The summed E-state index contributed by atoms with van der Waals surface area (Å²) in [7, 11) is 0. The average molecular weight is 354 g/mol. The van der Waals surface area contributed by atoms with E-state index in [2.05, 4.69) is 35.8 Å². The third-order valence-electron chi connectivity index (χ3n) is 4.32. The first-order valence-electron chi connectivity index (χ1n) is 8.44. The molecule has 2 aromatic carbocycles. The number of hydrogen-bond acceptors (Lipinski definition) is 3. The lowest BCUT2D eigenvalue weighted by Crippen LogP contribution is -2.42. The highest BCUT2D eigenvalue weighted by Gasteiger charge is 2.34. The molecule has 2 aromatic rings. The summed E-state index contributed by atoms with van der Waals surface area (Å²) in [6.45, 7) is 4.44. The van der Waals surface area contributed by atoms with E-state index in [0.29, 0.717) is 6.54 Å². The molecule has 25 heavy (non-hydrogen) atoms. The normalized spacial score (nSPS) is 17.4. The molecule has 0 aromatic heterocycles. The van der Waals surface area contributed by atoms with Crippen LogP contribution in [0.1, 0.15) is 18.1 Å². The van der Waals surface area contributed by atoms with Gasteiger partial charge >= 0.3 is 0 Å². The zero-order valence-corrected chi connectivity index (χ0v) is 15.2. The van der Waals surface area contributed by atoms with Gasteiger partial charge in [0.2, 0.25) is 11.8 Å². The Morgan fingerprint density at radius 3 is 2.84 bits per heavy atom. The molecule has 0 bridgehead atoms. The minimum atomic E-state index is -0.408. The molecule has 1 aliphatic rings. The molecule has 0 saturated heterocycles. The van der Waals surface area contributed by atoms with Crippen molar-refractivity contribution in [1.29, 1.82) is 0 Å². The zero-order chi connectivity index (χ0) is 17.8. The van der Waals surface area contributed by atoms with E-state index in [1.165, 1.54) is 22.9 Å². The number of hydrogen-bond donors (Lipinski definition) is 2. The smallest absolute Gasteiger partial charge is 0.238 e. The molecule has 2 amide bonds. The fourth-order valence-corrected chi connectivity index (χ4v) is 4.06. The van der Waals surface area contributed by atoms with Crippen molar-refractivity contribution in [1.82, 2.24) is 5.32 Å². The Balaban J connectivity index is 1.56. The number of fused-ring (bicyclic) bond motifs is 1. The fraction of sp³-hybridized carbons (Fsp3) is 0.300. The van der Waals surface area contributed by atoms with E-state index in [1.54, 1.807) is 0 Å². The second-order valence-electron chi connectivity index (χ2n) is 6.34. The van der Waals surface area contributed by atoms with Crippen molar-refractivity contribution in [2.75, 3.05) is 11.9 Å². The molecule has 0 unspecified atom stereocenters. The Bertz CT molecular complexity index is 791. The highest BCUT2D eigenvalue weighted by atomic mass is 32.2. The highest BCUT2D eigenvalue weighted by Crippen LogP contribution is 2.38. The lowest BCUT2D eigenvalue weighted by Gasteiger charge is -2.27. The molecule has 4 nitrogen and oxygen atoms in total. The Kier molecular flexibility index (Phi) is 5.43. The molecule has 2 N–H and O–H groups in total. The number of thioether (sulfide) groups is 1. The van der Waals surface area contributed by atoms with Crippen molar-refractivity contribution >= 4 is 29.3 Å². The monoisotopic (exact) mass is 354 g/mol. The van der Waals surface area contributed by atoms with Crippen LogP contribution in [0.25, 0.3) is 0 Å². The zero-order valence-electron chi connectivity index (χ0n) is 14.4. The molecular formula is C20H22N2O2S. The van der Waals surface area contributed by atoms with Gasteiger partial charge in [0.1, 0.15) is 0 Å². The topological polar surface area (TPSA) is 58.2 Å². The van der Waals surface area contributed by atoms with Gasteiger partial charge < -0.3 is 10.6 Å². The number of carbonyl (C=O) groups is 2. The van der Waals surface area contributed by atoms with Crippen molar-refractivity contribution in [2.24, 2.45) is 5.92 Å².